The van der Waals surface area contributed by atoms with Crippen molar-refractivity contribution in [3.05, 3.63) is 164 Å². The van der Waals surface area contributed by atoms with Crippen LogP contribution < -0.4 is 32.4 Å². The van der Waals surface area contributed by atoms with Crippen LogP contribution in [0, 0.1) is 80.9 Å². The van der Waals surface area contributed by atoms with Crippen molar-refractivity contribution in [2.24, 2.45) is 20.4 Å². The van der Waals surface area contributed by atoms with Crippen LogP contribution in [0.5, 0.6) is 0 Å². The third-order valence-electron chi connectivity index (χ3n) is 7.61. The van der Waals surface area contributed by atoms with Crippen molar-refractivity contribution in [2.75, 3.05) is 21.7 Å². The molecule has 0 spiro atoms. The second-order valence-electron chi connectivity index (χ2n) is 11.2. The molecule has 304 valence electrons. The Bertz CT molecular complexity index is 2830. The average Bonchev–Trinajstić information content (AvgIpc) is 3.19. The Morgan fingerprint density at radius 2 is 0.750 bits per heavy atom. The van der Waals surface area contributed by atoms with Crippen molar-refractivity contribution < 1.29 is 39.4 Å². The number of rotatable bonds is 17. The zero-order valence-electron chi connectivity index (χ0n) is 28.8. The van der Waals surface area contributed by atoms with Gasteiger partial charge in [0.05, 0.1) is 63.7 Å². The summed E-state index contributed by atoms with van der Waals surface area (Å²) < 4.78 is 0. The number of hydrogen-bond acceptors (Lipinski definition) is 24. The normalized spacial score (nSPS) is 11.5. The predicted octanol–water partition coefficient (Wildman–Crippen LogP) is 5.54. The zero-order valence-corrected chi connectivity index (χ0v) is 28.8. The number of azo groups is 1. The van der Waals surface area contributed by atoms with Gasteiger partial charge in [-0.2, -0.15) is 10.2 Å². The third-order valence-corrected chi connectivity index (χ3v) is 7.61. The fourth-order valence-corrected chi connectivity index (χ4v) is 4.80. The van der Waals surface area contributed by atoms with E-state index in [0.29, 0.717) is 24.3 Å². The van der Waals surface area contributed by atoms with E-state index in [4.69, 9.17) is 0 Å². The van der Waals surface area contributed by atoms with E-state index >= 15 is 0 Å². The van der Waals surface area contributed by atoms with Gasteiger partial charge in [0.1, 0.15) is 39.2 Å². The number of hydrogen-bond donors (Lipinski definition) is 4. The van der Waals surface area contributed by atoms with E-state index in [-0.39, 0.29) is 0 Å². The Kier molecular flexibility index (Phi) is 11.5. The fourth-order valence-electron chi connectivity index (χ4n) is 4.80. The first-order valence-corrected chi connectivity index (χ1v) is 15.5. The van der Waals surface area contributed by atoms with Gasteiger partial charge in [-0.25, -0.2) is 0 Å². The molecule has 0 aliphatic heterocycles. The molecule has 0 aliphatic carbocycles. The van der Waals surface area contributed by atoms with E-state index < -0.39 is 130 Å². The van der Waals surface area contributed by atoms with Crippen molar-refractivity contribution in [3.63, 3.8) is 0 Å². The molecule has 5 rings (SSSR count). The first kappa shape index (κ1) is 41.1. The molecule has 0 bridgehead atoms. The molecule has 0 radical (unpaired) electrons. The van der Waals surface area contributed by atoms with Gasteiger partial charge < -0.3 is 0 Å². The molecule has 5 aromatic carbocycles. The summed E-state index contributed by atoms with van der Waals surface area (Å²) in [6, 6.07) is 9.24. The Morgan fingerprint density at radius 3 is 1.17 bits per heavy atom. The van der Waals surface area contributed by atoms with E-state index in [0.717, 1.165) is 48.5 Å². The highest BCUT2D eigenvalue weighted by Gasteiger charge is 2.26. The molecule has 4 N–H and O–H groups in total. The van der Waals surface area contributed by atoms with Gasteiger partial charge in [0.2, 0.25) is 0 Å². The van der Waals surface area contributed by atoms with E-state index in [2.05, 4.69) is 42.1 Å². The third kappa shape index (κ3) is 8.75. The van der Waals surface area contributed by atoms with Crippen molar-refractivity contribution in [3.8, 4) is 0 Å². The summed E-state index contributed by atoms with van der Waals surface area (Å²) in [5.74, 6) is 0. The molecule has 0 aliphatic rings. The Balaban J connectivity index is 1.76. The molecule has 0 amide bonds. The molecule has 0 fully saturated rings. The summed E-state index contributed by atoms with van der Waals surface area (Å²) in [5.41, 5.74) is 0.0382. The maximum Gasteiger partial charge on any atom is 0.303 e. The first-order chi connectivity index (χ1) is 28.4. The summed E-state index contributed by atoms with van der Waals surface area (Å²) in [4.78, 5) is 84.5. The number of nitrogens with zero attached hydrogens (tertiary/aromatic N) is 12. The van der Waals surface area contributed by atoms with Gasteiger partial charge in [-0.1, -0.05) is 0 Å². The number of hydrazine groups is 1. The Hall–Kier alpha value is -10.0. The zero-order chi connectivity index (χ0) is 44.0. The largest absolute Gasteiger partial charge is 0.303 e. The summed E-state index contributed by atoms with van der Waals surface area (Å²) in [7, 11) is 0. The molecule has 0 unspecified atom stereocenters. The minimum Gasteiger partial charge on any atom is -0.296 e. The lowest BCUT2D eigenvalue weighted by molar-refractivity contribution is -0.393. The highest BCUT2D eigenvalue weighted by molar-refractivity contribution is 5.75. The summed E-state index contributed by atoms with van der Waals surface area (Å²) in [6.45, 7) is 0. The lowest BCUT2D eigenvalue weighted by Crippen LogP contribution is -2.39. The van der Waals surface area contributed by atoms with E-state index in [1.165, 1.54) is 0 Å². The number of nitro groups is 8. The van der Waals surface area contributed by atoms with Crippen LogP contribution in [0.15, 0.2) is 93.2 Å². The van der Waals surface area contributed by atoms with Gasteiger partial charge in [-0.05, 0) is 24.3 Å². The van der Waals surface area contributed by atoms with Crippen molar-refractivity contribution >= 4 is 79.6 Å². The first-order valence-electron chi connectivity index (χ1n) is 15.5. The number of benzene rings is 4. The van der Waals surface area contributed by atoms with E-state index in [1.807, 2.05) is 0 Å². The minimum absolute atomic E-state index is 0.438. The number of anilines is 4. The van der Waals surface area contributed by atoms with Gasteiger partial charge in [0.15, 0.2) is 5.69 Å². The topological polar surface area (TPSA) is 443 Å². The van der Waals surface area contributed by atoms with E-state index in [9.17, 15) is 80.9 Å². The summed E-state index contributed by atoms with van der Waals surface area (Å²) in [6.07, 6.45) is 0. The highest BCUT2D eigenvalue weighted by atomic mass is 16.7. The molecule has 32 heteroatoms. The molecule has 5 aromatic rings. The quantitative estimate of drug-likeness (QED) is 0.0507. The van der Waals surface area contributed by atoms with Crippen molar-refractivity contribution in [1.29, 1.82) is 0 Å². The van der Waals surface area contributed by atoms with Crippen LogP contribution in [0.25, 0.3) is 0 Å². The summed E-state index contributed by atoms with van der Waals surface area (Å²) >= 11 is 0. The van der Waals surface area contributed by atoms with Crippen LogP contribution in [-0.2, 0) is 0 Å². The molecule has 0 heterocycles. The highest BCUT2D eigenvalue weighted by Crippen LogP contribution is 2.35. The average molecular weight is 833 g/mol. The molecular weight excluding hydrogens is 816 g/mol. The van der Waals surface area contributed by atoms with Gasteiger partial charge in [0, 0.05) is 24.3 Å². The molecule has 0 saturated carbocycles. The number of non-ortho nitro benzene ring substituents is 4. The maximum atomic E-state index is 11.8. The molecule has 0 saturated heterocycles. The molecule has 0 atom stereocenters. The lowest BCUT2D eigenvalue weighted by atomic mass is 10.2. The lowest BCUT2D eigenvalue weighted by Gasteiger charge is -2.16. The van der Waals surface area contributed by atoms with Gasteiger partial charge in [-0.3, -0.25) is 103 Å². The Morgan fingerprint density at radius 1 is 0.383 bits per heavy atom. The second kappa shape index (κ2) is 16.8. The molecule has 32 nitrogen and oxygen atoms in total. The van der Waals surface area contributed by atoms with Crippen LogP contribution in [0.2, 0.25) is 0 Å². The van der Waals surface area contributed by atoms with Crippen molar-refractivity contribution in [1.82, 2.24) is 0 Å². The Labute approximate surface area is 325 Å². The number of nitrogens with one attached hydrogen (secondary N) is 4. The van der Waals surface area contributed by atoms with Crippen LogP contribution >= 0.6 is 0 Å². The minimum atomic E-state index is -1.04. The van der Waals surface area contributed by atoms with Crippen LogP contribution in [-0.4, -0.2) is 39.4 Å². The van der Waals surface area contributed by atoms with Gasteiger partial charge in [0.25, 0.3) is 22.7 Å². The predicted molar refractivity (Wildman–Crippen MR) is 198 cm³/mol. The van der Waals surface area contributed by atoms with Crippen LogP contribution in [0.1, 0.15) is 0 Å². The number of nitro benzene ring substituents is 8. The smallest absolute Gasteiger partial charge is 0.296 e. The molecule has 60 heavy (non-hydrogen) atoms. The second-order valence-corrected chi connectivity index (χ2v) is 11.2. The van der Waals surface area contributed by atoms with Crippen molar-refractivity contribution in [2.45, 2.75) is 0 Å². The van der Waals surface area contributed by atoms with Gasteiger partial charge >= 0.3 is 22.7 Å². The monoisotopic (exact) mass is 832 g/mol. The molecule has 0 aromatic heterocycles. The van der Waals surface area contributed by atoms with Crippen LogP contribution in [0.3, 0.4) is 0 Å². The van der Waals surface area contributed by atoms with Gasteiger partial charge in [-0.15, -0.1) is 10.2 Å². The standard InChI is InChI=1S/C28H16N16O16/c45-37(46)13-1-5-17(21(9-13)41(53)54)29-33-25-26(34-30-18-6-2-14(38(47)48)10-22(18)42(55)56)28(36-32-20-8-4-16(40(51)52)12-24(20)44(59)60)27(25)35-31-19-7-3-15(39(49)50)11-23(19)43(57)58/h1-12,29-31,34H/b33-25+,35-27-,36-32?. The fraction of sp³-hybridized carbons (Fsp3) is 0. The summed E-state index contributed by atoms with van der Waals surface area (Å²) in [5, 5.41) is 107. The van der Waals surface area contributed by atoms with E-state index in [1.54, 1.807) is 0 Å². The molecular formula is C28H16N16O16. The SMILES string of the molecule is O=[N+]([O-])c1ccc(N=Nc2c(NNc3ccc([N+](=O)[O-])cc3[N+](=O)[O-])c(=N\Nc3ccc([N+](=O)[O-])cc3[N+](=O)[O-])/c2=N/Nc2ccc([N+](=O)[O-])cc2[N+](=O)[O-])c([N+](=O)[O-])c1. The van der Waals surface area contributed by atoms with Crippen LogP contribution in [0.4, 0.5) is 79.6 Å². The maximum absolute atomic E-state index is 11.8.